The lowest BCUT2D eigenvalue weighted by Gasteiger charge is -2.32. The molecular formula is C17H21FN4O. The smallest absolute Gasteiger partial charge is 0.256 e. The Morgan fingerprint density at radius 3 is 2.78 bits per heavy atom. The molecule has 1 aromatic carbocycles. The van der Waals surface area contributed by atoms with E-state index in [2.05, 4.69) is 15.3 Å². The van der Waals surface area contributed by atoms with Crippen molar-refractivity contribution in [1.82, 2.24) is 20.2 Å². The van der Waals surface area contributed by atoms with Crippen LogP contribution in [-0.2, 0) is 0 Å². The van der Waals surface area contributed by atoms with E-state index in [-0.39, 0.29) is 5.91 Å². The van der Waals surface area contributed by atoms with Gasteiger partial charge in [0.15, 0.2) is 0 Å². The van der Waals surface area contributed by atoms with E-state index >= 15 is 0 Å². The molecule has 1 aliphatic rings. The van der Waals surface area contributed by atoms with Gasteiger partial charge in [-0.2, -0.15) is 0 Å². The molecule has 0 radical (unpaired) electrons. The van der Waals surface area contributed by atoms with Crippen LogP contribution in [0.1, 0.15) is 29.6 Å². The van der Waals surface area contributed by atoms with Crippen LogP contribution in [0.15, 0.2) is 24.5 Å². The third-order valence-corrected chi connectivity index (χ3v) is 4.47. The van der Waals surface area contributed by atoms with Crippen LogP contribution in [0.2, 0.25) is 0 Å². The number of aromatic nitrogens is 2. The molecular weight excluding hydrogens is 295 g/mol. The quantitative estimate of drug-likeness (QED) is 0.940. The highest BCUT2D eigenvalue weighted by molar-refractivity contribution is 6.04. The third kappa shape index (κ3) is 3.47. The van der Waals surface area contributed by atoms with Crippen molar-refractivity contribution < 1.29 is 9.18 Å². The molecule has 2 aromatic rings. The van der Waals surface area contributed by atoms with Gasteiger partial charge in [0.05, 0.1) is 11.1 Å². The molecule has 0 unspecified atom stereocenters. The molecule has 5 nitrogen and oxygen atoms in total. The van der Waals surface area contributed by atoms with Crippen LogP contribution in [0.25, 0.3) is 11.0 Å². The highest BCUT2D eigenvalue weighted by atomic mass is 19.1. The summed E-state index contributed by atoms with van der Waals surface area (Å²) in [5.74, 6) is 0.0443. The molecule has 1 saturated heterocycles. The molecule has 0 aliphatic carbocycles. The lowest BCUT2D eigenvalue weighted by Crippen LogP contribution is -2.39. The Balaban J connectivity index is 1.77. The van der Waals surface area contributed by atoms with Gasteiger partial charge in [-0.15, -0.1) is 0 Å². The molecule has 1 N–H and O–H groups in total. The first-order valence-corrected chi connectivity index (χ1v) is 8.03. The zero-order valence-electron chi connectivity index (χ0n) is 13.3. The van der Waals surface area contributed by atoms with Gasteiger partial charge in [-0.05, 0) is 44.8 Å². The second-order valence-electron chi connectivity index (χ2n) is 6.01. The molecule has 3 rings (SSSR count). The molecule has 23 heavy (non-hydrogen) atoms. The van der Waals surface area contributed by atoms with Crippen LogP contribution in [0.4, 0.5) is 4.39 Å². The number of hydrogen-bond acceptors (Lipinski definition) is 4. The number of piperidine rings is 1. The average molecular weight is 316 g/mol. The van der Waals surface area contributed by atoms with E-state index in [9.17, 15) is 9.18 Å². The van der Waals surface area contributed by atoms with Gasteiger partial charge in [-0.25, -0.2) is 4.39 Å². The number of amides is 1. The van der Waals surface area contributed by atoms with Crippen LogP contribution >= 0.6 is 0 Å². The Hall–Kier alpha value is -2.08. The van der Waals surface area contributed by atoms with Crippen molar-refractivity contribution in [3.63, 3.8) is 0 Å². The van der Waals surface area contributed by atoms with E-state index in [4.69, 9.17) is 0 Å². The lowest BCUT2D eigenvalue weighted by atomic mass is 9.93. The largest absolute Gasteiger partial charge is 0.339 e. The number of nitrogens with one attached hydrogen (secondary N) is 1. The zero-order valence-corrected chi connectivity index (χ0v) is 13.3. The predicted octanol–water partition coefficient (Wildman–Crippen LogP) is 2.23. The van der Waals surface area contributed by atoms with Crippen molar-refractivity contribution in [2.45, 2.75) is 19.3 Å². The van der Waals surface area contributed by atoms with Crippen LogP contribution in [0.5, 0.6) is 0 Å². The van der Waals surface area contributed by atoms with E-state index in [1.165, 1.54) is 24.5 Å². The van der Waals surface area contributed by atoms with Crippen molar-refractivity contribution in [3.8, 4) is 0 Å². The fourth-order valence-electron chi connectivity index (χ4n) is 3.15. The summed E-state index contributed by atoms with van der Waals surface area (Å²) in [5, 5.41) is 3.16. The van der Waals surface area contributed by atoms with Gasteiger partial charge < -0.3 is 10.2 Å². The van der Waals surface area contributed by atoms with E-state index in [1.807, 2.05) is 7.05 Å². The highest BCUT2D eigenvalue weighted by Gasteiger charge is 2.25. The molecule has 0 atom stereocenters. The number of benzene rings is 1. The second kappa shape index (κ2) is 7.00. The SMILES string of the molecule is CNCCC1CCN(C(=O)c2cc(F)cc3nccnc23)CC1. The summed E-state index contributed by atoms with van der Waals surface area (Å²) in [7, 11) is 1.95. The number of hydrogen-bond donors (Lipinski definition) is 1. The zero-order chi connectivity index (χ0) is 16.2. The number of carbonyl (C=O) groups is 1. The number of fused-ring (bicyclic) bond motifs is 1. The van der Waals surface area contributed by atoms with Gasteiger partial charge in [0.25, 0.3) is 5.91 Å². The molecule has 1 fully saturated rings. The fourth-order valence-corrected chi connectivity index (χ4v) is 3.15. The van der Waals surface area contributed by atoms with Gasteiger partial charge in [0, 0.05) is 31.5 Å². The third-order valence-electron chi connectivity index (χ3n) is 4.47. The maximum Gasteiger partial charge on any atom is 0.256 e. The minimum atomic E-state index is -0.453. The summed E-state index contributed by atoms with van der Waals surface area (Å²) in [6, 6.07) is 2.58. The highest BCUT2D eigenvalue weighted by Crippen LogP contribution is 2.24. The summed E-state index contributed by atoms with van der Waals surface area (Å²) in [4.78, 5) is 22.9. The molecule has 1 amide bonds. The Kier molecular flexibility index (Phi) is 4.81. The number of carbonyl (C=O) groups excluding carboxylic acids is 1. The molecule has 0 spiro atoms. The normalized spacial score (nSPS) is 16.0. The summed E-state index contributed by atoms with van der Waals surface area (Å²) < 4.78 is 13.8. The van der Waals surface area contributed by atoms with E-state index in [0.717, 1.165) is 25.8 Å². The second-order valence-corrected chi connectivity index (χ2v) is 6.01. The maximum atomic E-state index is 13.8. The lowest BCUT2D eigenvalue weighted by molar-refractivity contribution is 0.0688. The van der Waals surface area contributed by atoms with Crippen LogP contribution in [-0.4, -0.2) is 47.5 Å². The van der Waals surface area contributed by atoms with Gasteiger partial charge in [0.1, 0.15) is 11.3 Å². The van der Waals surface area contributed by atoms with Gasteiger partial charge in [0.2, 0.25) is 0 Å². The first-order valence-electron chi connectivity index (χ1n) is 8.03. The van der Waals surface area contributed by atoms with Gasteiger partial charge in [-0.1, -0.05) is 0 Å². The summed E-state index contributed by atoms with van der Waals surface area (Å²) in [6.45, 7) is 2.43. The van der Waals surface area contributed by atoms with E-state index in [1.54, 1.807) is 4.90 Å². The summed E-state index contributed by atoms with van der Waals surface area (Å²) >= 11 is 0. The van der Waals surface area contributed by atoms with Crippen molar-refractivity contribution in [2.24, 2.45) is 5.92 Å². The average Bonchev–Trinajstić information content (AvgIpc) is 2.59. The van der Waals surface area contributed by atoms with Crippen molar-refractivity contribution in [3.05, 3.63) is 35.9 Å². The number of halogens is 1. The van der Waals surface area contributed by atoms with Crippen LogP contribution < -0.4 is 5.32 Å². The maximum absolute atomic E-state index is 13.8. The van der Waals surface area contributed by atoms with Crippen molar-refractivity contribution in [2.75, 3.05) is 26.7 Å². The van der Waals surface area contributed by atoms with Gasteiger partial charge >= 0.3 is 0 Å². The van der Waals surface area contributed by atoms with Crippen LogP contribution in [0.3, 0.4) is 0 Å². The standard InChI is InChI=1S/C17H21FN4O/c1-19-5-2-12-3-8-22(9-4-12)17(23)14-10-13(18)11-15-16(14)21-7-6-20-15/h6-7,10-12,19H,2-5,8-9H2,1H3. The molecule has 0 bridgehead atoms. The Bertz CT molecular complexity index is 698. The number of rotatable bonds is 4. The summed E-state index contributed by atoms with van der Waals surface area (Å²) in [5.41, 5.74) is 1.19. The topological polar surface area (TPSA) is 58.1 Å². The molecule has 0 saturated carbocycles. The fraction of sp³-hybridized carbons (Fsp3) is 0.471. The minimum absolute atomic E-state index is 0.151. The van der Waals surface area contributed by atoms with Crippen molar-refractivity contribution in [1.29, 1.82) is 0 Å². The Morgan fingerprint density at radius 2 is 2.04 bits per heavy atom. The molecule has 1 aliphatic heterocycles. The summed E-state index contributed by atoms with van der Waals surface area (Å²) in [6.07, 6.45) is 6.15. The molecule has 1 aromatic heterocycles. The minimum Gasteiger partial charge on any atom is -0.339 e. The number of likely N-dealkylation sites (tertiary alicyclic amines) is 1. The van der Waals surface area contributed by atoms with Crippen LogP contribution in [0, 0.1) is 11.7 Å². The van der Waals surface area contributed by atoms with E-state index < -0.39 is 5.82 Å². The molecule has 2 heterocycles. The Labute approximate surface area is 134 Å². The van der Waals surface area contributed by atoms with E-state index in [0.29, 0.717) is 35.6 Å². The predicted molar refractivity (Wildman–Crippen MR) is 86.7 cm³/mol. The molecule has 6 heteroatoms. The van der Waals surface area contributed by atoms with Gasteiger partial charge in [-0.3, -0.25) is 14.8 Å². The van der Waals surface area contributed by atoms with Crippen molar-refractivity contribution >= 4 is 16.9 Å². The number of nitrogens with zero attached hydrogens (tertiary/aromatic N) is 3. The Morgan fingerprint density at radius 1 is 1.30 bits per heavy atom. The molecule has 122 valence electrons. The first kappa shape index (κ1) is 15.8. The first-order chi connectivity index (χ1) is 11.2. The monoisotopic (exact) mass is 316 g/mol.